The minimum absolute atomic E-state index is 0.125. The van der Waals surface area contributed by atoms with Crippen LogP contribution in [-0.2, 0) is 11.3 Å². The van der Waals surface area contributed by atoms with Crippen LogP contribution in [0.25, 0.3) is 11.0 Å². The van der Waals surface area contributed by atoms with E-state index in [0.717, 1.165) is 25.7 Å². The van der Waals surface area contributed by atoms with Crippen LogP contribution in [0.4, 0.5) is 0 Å². The lowest BCUT2D eigenvalue weighted by molar-refractivity contribution is -0.122. The van der Waals surface area contributed by atoms with Gasteiger partial charge in [-0.15, -0.1) is 0 Å². The molecule has 1 fully saturated rings. The quantitative estimate of drug-likeness (QED) is 0.834. The Balaban J connectivity index is 1.86. The van der Waals surface area contributed by atoms with Crippen LogP contribution in [-0.4, -0.2) is 21.5 Å². The minimum atomic E-state index is -0.704. The second kappa shape index (κ2) is 6.17. The summed E-state index contributed by atoms with van der Waals surface area (Å²) in [5, 5.41) is 2.97. The summed E-state index contributed by atoms with van der Waals surface area (Å²) < 4.78 is 1.24. The van der Waals surface area contributed by atoms with E-state index in [-0.39, 0.29) is 18.5 Å². The smallest absolute Gasteiger partial charge is 0.317 e. The number of hydrogen-bond donors (Lipinski definition) is 2. The zero-order chi connectivity index (χ0) is 15.5. The third-order valence-corrected chi connectivity index (χ3v) is 4.15. The zero-order valence-electron chi connectivity index (χ0n) is 12.3. The van der Waals surface area contributed by atoms with E-state index in [1.807, 2.05) is 0 Å². The number of carbonyl (C=O) groups is 1. The van der Waals surface area contributed by atoms with E-state index in [9.17, 15) is 14.4 Å². The van der Waals surface area contributed by atoms with Gasteiger partial charge in [0, 0.05) is 6.04 Å². The van der Waals surface area contributed by atoms with Gasteiger partial charge in [0.25, 0.3) is 0 Å². The van der Waals surface area contributed by atoms with Gasteiger partial charge in [-0.3, -0.25) is 19.0 Å². The molecule has 1 amide bonds. The summed E-state index contributed by atoms with van der Waals surface area (Å²) in [5.41, 5.74) is -0.287. The van der Waals surface area contributed by atoms with Crippen molar-refractivity contribution in [3.05, 3.63) is 45.0 Å². The Labute approximate surface area is 127 Å². The van der Waals surface area contributed by atoms with Crippen LogP contribution in [0.3, 0.4) is 0 Å². The standard InChI is InChI=1S/C16H19N3O3/c20-14(17-11-6-2-1-3-7-11)10-19-13-9-5-4-8-12(13)18-15(21)16(19)22/h4-5,8-9,11H,1-3,6-7,10H2,(H,17,20)(H,18,21). The maximum absolute atomic E-state index is 12.2. The van der Waals surface area contributed by atoms with Crippen molar-refractivity contribution in [2.75, 3.05) is 0 Å². The van der Waals surface area contributed by atoms with Gasteiger partial charge in [0.05, 0.1) is 11.0 Å². The van der Waals surface area contributed by atoms with E-state index >= 15 is 0 Å². The molecule has 1 aliphatic rings. The molecule has 6 heteroatoms. The minimum Gasteiger partial charge on any atom is -0.352 e. The Bertz CT molecular complexity index is 800. The molecule has 1 aliphatic carbocycles. The topological polar surface area (TPSA) is 84.0 Å². The first-order chi connectivity index (χ1) is 10.6. The highest BCUT2D eigenvalue weighted by atomic mass is 16.2. The summed E-state index contributed by atoms with van der Waals surface area (Å²) in [6.45, 7) is -0.125. The van der Waals surface area contributed by atoms with Gasteiger partial charge in [-0.25, -0.2) is 0 Å². The van der Waals surface area contributed by atoms with Crippen LogP contribution in [0.15, 0.2) is 33.9 Å². The lowest BCUT2D eigenvalue weighted by Crippen LogP contribution is -2.43. The number of fused-ring (bicyclic) bond motifs is 1. The molecule has 22 heavy (non-hydrogen) atoms. The van der Waals surface area contributed by atoms with Crippen LogP contribution in [0.2, 0.25) is 0 Å². The largest absolute Gasteiger partial charge is 0.352 e. The molecule has 2 N–H and O–H groups in total. The molecule has 1 heterocycles. The SMILES string of the molecule is O=C(Cn1c(=O)c(=O)[nH]c2ccccc21)NC1CCCCC1. The second-order valence-electron chi connectivity index (χ2n) is 5.77. The number of aromatic amines is 1. The summed E-state index contributed by atoms with van der Waals surface area (Å²) in [6, 6.07) is 7.17. The zero-order valence-corrected chi connectivity index (χ0v) is 12.3. The lowest BCUT2D eigenvalue weighted by atomic mass is 9.95. The van der Waals surface area contributed by atoms with Gasteiger partial charge in [0.1, 0.15) is 6.54 Å². The molecule has 3 rings (SSSR count). The number of hydrogen-bond acceptors (Lipinski definition) is 3. The first-order valence-corrected chi connectivity index (χ1v) is 7.66. The van der Waals surface area contributed by atoms with E-state index in [0.29, 0.717) is 11.0 Å². The van der Waals surface area contributed by atoms with Gasteiger partial charge in [-0.2, -0.15) is 0 Å². The van der Waals surface area contributed by atoms with E-state index in [2.05, 4.69) is 10.3 Å². The van der Waals surface area contributed by atoms with Crippen LogP contribution in [0.5, 0.6) is 0 Å². The Kier molecular flexibility index (Phi) is 4.09. The van der Waals surface area contributed by atoms with Crippen molar-refractivity contribution in [2.24, 2.45) is 0 Å². The third kappa shape index (κ3) is 2.95. The first kappa shape index (κ1) is 14.6. The second-order valence-corrected chi connectivity index (χ2v) is 5.77. The molecule has 0 aliphatic heterocycles. The highest BCUT2D eigenvalue weighted by Crippen LogP contribution is 2.17. The average molecular weight is 301 g/mol. The molecule has 6 nitrogen and oxygen atoms in total. The molecule has 0 radical (unpaired) electrons. The molecular formula is C16H19N3O3. The van der Waals surface area contributed by atoms with Crippen molar-refractivity contribution in [2.45, 2.75) is 44.7 Å². The van der Waals surface area contributed by atoms with Crippen LogP contribution >= 0.6 is 0 Å². The van der Waals surface area contributed by atoms with Crippen molar-refractivity contribution < 1.29 is 4.79 Å². The molecule has 0 unspecified atom stereocenters. The van der Waals surface area contributed by atoms with Crippen LogP contribution < -0.4 is 16.4 Å². The fourth-order valence-corrected chi connectivity index (χ4v) is 3.04. The number of benzene rings is 1. The van der Waals surface area contributed by atoms with E-state index in [4.69, 9.17) is 0 Å². The fraction of sp³-hybridized carbons (Fsp3) is 0.438. The highest BCUT2D eigenvalue weighted by Gasteiger charge is 2.17. The van der Waals surface area contributed by atoms with Crippen molar-refractivity contribution in [1.82, 2.24) is 14.9 Å². The summed E-state index contributed by atoms with van der Waals surface area (Å²) >= 11 is 0. The lowest BCUT2D eigenvalue weighted by Gasteiger charge is -2.23. The van der Waals surface area contributed by atoms with Gasteiger partial charge >= 0.3 is 11.1 Å². The van der Waals surface area contributed by atoms with E-state index in [1.165, 1.54) is 11.0 Å². The van der Waals surface area contributed by atoms with E-state index < -0.39 is 11.1 Å². The summed E-state index contributed by atoms with van der Waals surface area (Å²) in [5.74, 6) is -0.218. The average Bonchev–Trinajstić information content (AvgIpc) is 2.53. The summed E-state index contributed by atoms with van der Waals surface area (Å²) in [6.07, 6.45) is 5.43. The molecule has 2 aromatic rings. The Morgan fingerprint density at radius 3 is 2.68 bits per heavy atom. The van der Waals surface area contributed by atoms with Crippen molar-refractivity contribution in [1.29, 1.82) is 0 Å². The van der Waals surface area contributed by atoms with Crippen molar-refractivity contribution in [3.63, 3.8) is 0 Å². The summed E-state index contributed by atoms with van der Waals surface area (Å²) in [4.78, 5) is 38.5. The maximum atomic E-state index is 12.2. The maximum Gasteiger partial charge on any atom is 0.317 e. The van der Waals surface area contributed by atoms with Crippen molar-refractivity contribution in [3.8, 4) is 0 Å². The highest BCUT2D eigenvalue weighted by molar-refractivity contribution is 5.80. The number of amides is 1. The molecule has 1 saturated carbocycles. The first-order valence-electron chi connectivity index (χ1n) is 7.66. The molecular weight excluding hydrogens is 282 g/mol. The monoisotopic (exact) mass is 301 g/mol. The van der Waals surface area contributed by atoms with Gasteiger partial charge in [-0.1, -0.05) is 31.4 Å². The number of carbonyl (C=O) groups excluding carboxylic acids is 1. The van der Waals surface area contributed by atoms with Crippen LogP contribution in [0.1, 0.15) is 32.1 Å². The Morgan fingerprint density at radius 2 is 1.91 bits per heavy atom. The molecule has 1 aromatic carbocycles. The molecule has 0 spiro atoms. The van der Waals surface area contributed by atoms with Gasteiger partial charge in [0.15, 0.2) is 0 Å². The molecule has 1 aromatic heterocycles. The predicted molar refractivity (Wildman–Crippen MR) is 83.8 cm³/mol. The Morgan fingerprint density at radius 1 is 1.18 bits per heavy atom. The van der Waals surface area contributed by atoms with Crippen LogP contribution in [0, 0.1) is 0 Å². The van der Waals surface area contributed by atoms with Gasteiger partial charge in [0.2, 0.25) is 5.91 Å². The number of para-hydroxylation sites is 2. The number of nitrogens with one attached hydrogen (secondary N) is 2. The van der Waals surface area contributed by atoms with E-state index in [1.54, 1.807) is 24.3 Å². The number of aromatic nitrogens is 2. The normalized spacial score (nSPS) is 15.8. The van der Waals surface area contributed by atoms with Gasteiger partial charge < -0.3 is 10.3 Å². The molecule has 0 saturated heterocycles. The summed E-state index contributed by atoms with van der Waals surface area (Å²) in [7, 11) is 0. The Hall–Kier alpha value is -2.37. The fourth-order valence-electron chi connectivity index (χ4n) is 3.04. The molecule has 116 valence electrons. The number of H-pyrrole nitrogens is 1. The molecule has 0 atom stereocenters. The van der Waals surface area contributed by atoms with Gasteiger partial charge in [-0.05, 0) is 25.0 Å². The molecule has 0 bridgehead atoms. The third-order valence-electron chi connectivity index (χ3n) is 4.15. The predicted octanol–water partition coefficient (Wildman–Crippen LogP) is 1.14. The number of rotatable bonds is 3. The number of nitrogens with zero attached hydrogens (tertiary/aromatic N) is 1. The van der Waals surface area contributed by atoms with Crippen molar-refractivity contribution >= 4 is 16.9 Å².